The first kappa shape index (κ1) is 12.0. The van der Waals surface area contributed by atoms with Crippen molar-refractivity contribution < 1.29 is 4.74 Å². The van der Waals surface area contributed by atoms with Crippen molar-refractivity contribution in [1.82, 2.24) is 9.38 Å². The van der Waals surface area contributed by atoms with Crippen molar-refractivity contribution in [3.05, 3.63) is 66.9 Å². The third-order valence-corrected chi connectivity index (χ3v) is 3.72. The summed E-state index contributed by atoms with van der Waals surface area (Å²) in [5, 5.41) is 1.20. The average Bonchev–Trinajstić information content (AvgIpc) is 2.99. The molecule has 0 spiro atoms. The molecule has 3 nitrogen and oxygen atoms in total. The van der Waals surface area contributed by atoms with Crippen molar-refractivity contribution in [2.75, 3.05) is 7.11 Å². The van der Waals surface area contributed by atoms with Gasteiger partial charge in [0.1, 0.15) is 11.4 Å². The summed E-state index contributed by atoms with van der Waals surface area (Å²) in [6.07, 6.45) is 2.06. The Balaban J connectivity index is 2.01. The second-order valence-corrected chi connectivity index (χ2v) is 4.95. The van der Waals surface area contributed by atoms with Gasteiger partial charge in [0.15, 0.2) is 0 Å². The van der Waals surface area contributed by atoms with Gasteiger partial charge in [-0.25, -0.2) is 4.98 Å². The van der Waals surface area contributed by atoms with Crippen molar-refractivity contribution in [2.45, 2.75) is 0 Å². The predicted molar refractivity (Wildman–Crippen MR) is 84.7 cm³/mol. The molecule has 0 bridgehead atoms. The Bertz CT molecular complexity index is 940. The standard InChI is InChI=1S/C18H14N2O/c1-21-17-9-5-3-7-14(17)15-12-20-16-8-4-2-6-13(16)10-11-18(20)19-15/h2-12H,1H3. The molecule has 0 saturated carbocycles. The molecule has 0 atom stereocenters. The molecule has 2 aromatic heterocycles. The van der Waals surface area contributed by atoms with Crippen LogP contribution >= 0.6 is 0 Å². The lowest BCUT2D eigenvalue weighted by Gasteiger charge is -2.04. The summed E-state index contributed by atoms with van der Waals surface area (Å²) in [4.78, 5) is 4.72. The van der Waals surface area contributed by atoms with Crippen LogP contribution in [0.3, 0.4) is 0 Å². The Morgan fingerprint density at radius 3 is 2.62 bits per heavy atom. The zero-order valence-electron chi connectivity index (χ0n) is 11.7. The molecule has 0 fully saturated rings. The van der Waals surface area contributed by atoms with Crippen LogP contribution in [0.15, 0.2) is 66.9 Å². The Morgan fingerprint density at radius 2 is 1.71 bits per heavy atom. The number of aromatic nitrogens is 2. The summed E-state index contributed by atoms with van der Waals surface area (Å²) < 4.78 is 7.56. The van der Waals surface area contributed by atoms with E-state index in [1.165, 1.54) is 5.39 Å². The molecule has 0 aliphatic carbocycles. The Labute approximate surface area is 122 Å². The summed E-state index contributed by atoms with van der Waals surface area (Å²) in [6.45, 7) is 0. The van der Waals surface area contributed by atoms with E-state index in [2.05, 4.69) is 28.8 Å². The molecule has 4 aromatic rings. The quantitative estimate of drug-likeness (QED) is 0.548. The number of pyridine rings is 1. The highest BCUT2D eigenvalue weighted by molar-refractivity contribution is 5.83. The van der Waals surface area contributed by atoms with E-state index in [-0.39, 0.29) is 0 Å². The van der Waals surface area contributed by atoms with Crippen LogP contribution in [-0.2, 0) is 0 Å². The van der Waals surface area contributed by atoms with Gasteiger partial charge in [0.25, 0.3) is 0 Å². The monoisotopic (exact) mass is 274 g/mol. The van der Waals surface area contributed by atoms with Gasteiger partial charge in [0.05, 0.1) is 18.3 Å². The van der Waals surface area contributed by atoms with Crippen LogP contribution in [0.5, 0.6) is 5.75 Å². The van der Waals surface area contributed by atoms with Crippen LogP contribution in [0.1, 0.15) is 0 Å². The van der Waals surface area contributed by atoms with Gasteiger partial charge < -0.3 is 4.74 Å². The molecule has 3 heteroatoms. The summed E-state index contributed by atoms with van der Waals surface area (Å²) in [6, 6.07) is 20.4. The smallest absolute Gasteiger partial charge is 0.137 e. The van der Waals surface area contributed by atoms with Crippen LogP contribution in [0.4, 0.5) is 0 Å². The average molecular weight is 274 g/mol. The molecular formula is C18H14N2O. The topological polar surface area (TPSA) is 26.5 Å². The molecule has 0 unspecified atom stereocenters. The SMILES string of the molecule is COc1ccccc1-c1cn2c(ccc3ccccc32)n1. The lowest BCUT2D eigenvalue weighted by atomic mass is 10.1. The molecule has 0 saturated heterocycles. The van der Waals surface area contributed by atoms with Gasteiger partial charge in [-0.15, -0.1) is 0 Å². The Hall–Kier alpha value is -2.81. The number of hydrogen-bond acceptors (Lipinski definition) is 2. The summed E-state index contributed by atoms with van der Waals surface area (Å²) in [5.41, 5.74) is 4.02. The van der Waals surface area contributed by atoms with E-state index in [0.717, 1.165) is 28.2 Å². The number of para-hydroxylation sites is 2. The number of ether oxygens (including phenoxy) is 1. The Morgan fingerprint density at radius 1 is 0.905 bits per heavy atom. The minimum absolute atomic E-state index is 0.838. The lowest BCUT2D eigenvalue weighted by molar-refractivity contribution is 0.416. The fraction of sp³-hybridized carbons (Fsp3) is 0.0556. The summed E-state index contributed by atoms with van der Waals surface area (Å²) in [7, 11) is 1.68. The molecule has 0 N–H and O–H groups in total. The van der Waals surface area contributed by atoms with E-state index in [4.69, 9.17) is 9.72 Å². The molecule has 0 aliphatic heterocycles. The van der Waals surface area contributed by atoms with Crippen LogP contribution in [0.2, 0.25) is 0 Å². The zero-order chi connectivity index (χ0) is 14.2. The van der Waals surface area contributed by atoms with Gasteiger partial charge >= 0.3 is 0 Å². The normalized spacial score (nSPS) is 11.1. The molecule has 0 amide bonds. The van der Waals surface area contributed by atoms with Gasteiger partial charge in [-0.2, -0.15) is 0 Å². The van der Waals surface area contributed by atoms with Crippen molar-refractivity contribution in [3.8, 4) is 17.0 Å². The van der Waals surface area contributed by atoms with Crippen LogP contribution in [-0.4, -0.2) is 16.5 Å². The number of fused-ring (bicyclic) bond motifs is 3. The van der Waals surface area contributed by atoms with E-state index in [9.17, 15) is 0 Å². The van der Waals surface area contributed by atoms with Crippen LogP contribution in [0.25, 0.3) is 27.8 Å². The first-order valence-corrected chi connectivity index (χ1v) is 6.87. The highest BCUT2D eigenvalue weighted by Crippen LogP contribution is 2.30. The van der Waals surface area contributed by atoms with Gasteiger partial charge in [0.2, 0.25) is 0 Å². The number of benzene rings is 2. The van der Waals surface area contributed by atoms with Crippen molar-refractivity contribution in [1.29, 1.82) is 0 Å². The number of methoxy groups -OCH3 is 1. The number of imidazole rings is 1. The van der Waals surface area contributed by atoms with E-state index >= 15 is 0 Å². The molecule has 2 aromatic carbocycles. The Kier molecular flexibility index (Phi) is 2.64. The number of hydrogen-bond donors (Lipinski definition) is 0. The summed E-state index contributed by atoms with van der Waals surface area (Å²) >= 11 is 0. The van der Waals surface area contributed by atoms with Gasteiger partial charge in [-0.3, -0.25) is 4.40 Å². The largest absolute Gasteiger partial charge is 0.496 e. The molecule has 0 aliphatic rings. The summed E-state index contributed by atoms with van der Waals surface area (Å²) in [5.74, 6) is 0.838. The number of nitrogens with zero attached hydrogens (tertiary/aromatic N) is 2. The second-order valence-electron chi connectivity index (χ2n) is 4.95. The molecular weight excluding hydrogens is 260 g/mol. The highest BCUT2D eigenvalue weighted by Gasteiger charge is 2.10. The fourth-order valence-corrected chi connectivity index (χ4v) is 2.70. The third kappa shape index (κ3) is 1.86. The molecule has 21 heavy (non-hydrogen) atoms. The minimum Gasteiger partial charge on any atom is -0.496 e. The van der Waals surface area contributed by atoms with E-state index in [1.807, 2.05) is 42.5 Å². The molecule has 2 heterocycles. The maximum absolute atomic E-state index is 5.43. The first-order valence-electron chi connectivity index (χ1n) is 6.87. The fourth-order valence-electron chi connectivity index (χ4n) is 2.70. The number of rotatable bonds is 2. The minimum atomic E-state index is 0.838. The van der Waals surface area contributed by atoms with Crippen LogP contribution in [0, 0.1) is 0 Å². The maximum Gasteiger partial charge on any atom is 0.137 e. The lowest BCUT2D eigenvalue weighted by Crippen LogP contribution is -1.87. The zero-order valence-corrected chi connectivity index (χ0v) is 11.7. The molecule has 0 radical (unpaired) electrons. The first-order chi connectivity index (χ1) is 10.4. The van der Waals surface area contributed by atoms with Gasteiger partial charge in [0, 0.05) is 11.8 Å². The second kappa shape index (κ2) is 4.63. The van der Waals surface area contributed by atoms with Gasteiger partial charge in [-0.05, 0) is 35.7 Å². The van der Waals surface area contributed by atoms with Crippen LogP contribution < -0.4 is 4.74 Å². The third-order valence-electron chi connectivity index (χ3n) is 3.72. The van der Waals surface area contributed by atoms with Crippen molar-refractivity contribution in [3.63, 3.8) is 0 Å². The van der Waals surface area contributed by atoms with E-state index in [0.29, 0.717) is 0 Å². The maximum atomic E-state index is 5.43. The predicted octanol–water partition coefficient (Wildman–Crippen LogP) is 4.16. The van der Waals surface area contributed by atoms with E-state index < -0.39 is 0 Å². The molecule has 4 rings (SSSR count). The van der Waals surface area contributed by atoms with Crippen molar-refractivity contribution in [2.24, 2.45) is 0 Å². The molecule has 102 valence electrons. The van der Waals surface area contributed by atoms with Gasteiger partial charge in [-0.1, -0.05) is 30.3 Å². The van der Waals surface area contributed by atoms with E-state index in [1.54, 1.807) is 7.11 Å². The van der Waals surface area contributed by atoms with Crippen molar-refractivity contribution >= 4 is 16.6 Å². The highest BCUT2D eigenvalue weighted by atomic mass is 16.5.